The predicted octanol–water partition coefficient (Wildman–Crippen LogP) is 3.27. The first-order chi connectivity index (χ1) is 9.06. The molecule has 0 fully saturated rings. The van der Waals surface area contributed by atoms with E-state index >= 15 is 0 Å². The van der Waals surface area contributed by atoms with Gasteiger partial charge in [0.1, 0.15) is 0 Å². The molecule has 0 saturated heterocycles. The summed E-state index contributed by atoms with van der Waals surface area (Å²) in [5.74, 6) is 0.403. The number of aryl methyl sites for hydroxylation is 1. The zero-order valence-electron chi connectivity index (χ0n) is 12.6. The van der Waals surface area contributed by atoms with Crippen molar-refractivity contribution in [2.75, 3.05) is 13.2 Å². The Hall–Kier alpha value is -0.580. The minimum Gasteiger partial charge on any atom is -0.376 e. The topological polar surface area (TPSA) is 39.1 Å². The Labute approximate surface area is 121 Å². The standard InChI is InChI=1S/C14H26ClN3O/c1-6-16-12(14(10(4)5)19-8-3)13-11(15)9-17-18(13)7-2/h9-10,12,14,16H,6-8H2,1-5H3. The first-order valence-electron chi connectivity index (χ1n) is 7.12. The maximum atomic E-state index is 6.32. The summed E-state index contributed by atoms with van der Waals surface area (Å²) in [5, 5.41) is 8.53. The van der Waals surface area contributed by atoms with Gasteiger partial charge in [-0.05, 0) is 26.3 Å². The molecule has 1 aromatic rings. The quantitative estimate of drug-likeness (QED) is 0.798. The van der Waals surface area contributed by atoms with E-state index in [0.29, 0.717) is 17.5 Å². The average molecular weight is 288 g/mol. The number of ether oxygens (including phenoxy) is 1. The zero-order valence-corrected chi connectivity index (χ0v) is 13.4. The van der Waals surface area contributed by atoms with Crippen LogP contribution < -0.4 is 5.32 Å². The molecule has 0 spiro atoms. The highest BCUT2D eigenvalue weighted by molar-refractivity contribution is 6.31. The summed E-state index contributed by atoms with van der Waals surface area (Å²) in [7, 11) is 0. The van der Waals surface area contributed by atoms with Gasteiger partial charge in [-0.1, -0.05) is 32.4 Å². The van der Waals surface area contributed by atoms with Crippen molar-refractivity contribution in [2.24, 2.45) is 5.92 Å². The Morgan fingerprint density at radius 2 is 2.05 bits per heavy atom. The van der Waals surface area contributed by atoms with Crippen LogP contribution in [0.2, 0.25) is 5.02 Å². The summed E-state index contributed by atoms with van der Waals surface area (Å²) in [6.45, 7) is 12.9. The summed E-state index contributed by atoms with van der Waals surface area (Å²) in [6, 6.07) is 0.0694. The van der Waals surface area contributed by atoms with Gasteiger partial charge in [-0.25, -0.2) is 0 Å². The van der Waals surface area contributed by atoms with Crippen LogP contribution >= 0.6 is 11.6 Å². The van der Waals surface area contributed by atoms with Crippen molar-refractivity contribution in [1.82, 2.24) is 15.1 Å². The molecule has 0 aromatic carbocycles. The lowest BCUT2D eigenvalue weighted by Gasteiger charge is -2.31. The molecular formula is C14H26ClN3O. The minimum absolute atomic E-state index is 0.0694. The molecule has 0 radical (unpaired) electrons. The Balaban J connectivity index is 3.13. The lowest BCUT2D eigenvalue weighted by Crippen LogP contribution is -2.38. The molecule has 2 atom stereocenters. The van der Waals surface area contributed by atoms with Gasteiger partial charge in [0.15, 0.2) is 0 Å². The third-order valence-corrected chi connectivity index (χ3v) is 3.49. The maximum Gasteiger partial charge on any atom is 0.0835 e. The molecule has 5 heteroatoms. The van der Waals surface area contributed by atoms with E-state index < -0.39 is 0 Å². The molecule has 1 rings (SSSR count). The van der Waals surface area contributed by atoms with Crippen LogP contribution in [-0.4, -0.2) is 29.0 Å². The fourth-order valence-corrected chi connectivity index (χ4v) is 2.65. The Bertz CT molecular complexity index is 379. The fourth-order valence-electron chi connectivity index (χ4n) is 2.39. The molecule has 2 unspecified atom stereocenters. The monoisotopic (exact) mass is 287 g/mol. The lowest BCUT2D eigenvalue weighted by atomic mass is 9.96. The van der Waals surface area contributed by atoms with E-state index in [2.05, 4.69) is 38.1 Å². The number of hydrogen-bond acceptors (Lipinski definition) is 3. The molecule has 0 saturated carbocycles. The van der Waals surface area contributed by atoms with Crippen LogP contribution in [0.25, 0.3) is 0 Å². The Morgan fingerprint density at radius 3 is 2.53 bits per heavy atom. The van der Waals surface area contributed by atoms with Crippen molar-refractivity contribution in [3.8, 4) is 0 Å². The zero-order chi connectivity index (χ0) is 14.4. The van der Waals surface area contributed by atoms with E-state index in [1.165, 1.54) is 0 Å². The van der Waals surface area contributed by atoms with E-state index in [9.17, 15) is 0 Å². The summed E-state index contributed by atoms with van der Waals surface area (Å²) >= 11 is 6.32. The number of rotatable bonds is 8. The van der Waals surface area contributed by atoms with Gasteiger partial charge in [0.05, 0.1) is 29.1 Å². The van der Waals surface area contributed by atoms with Crippen molar-refractivity contribution < 1.29 is 4.74 Å². The van der Waals surface area contributed by atoms with Gasteiger partial charge in [-0.3, -0.25) is 4.68 Å². The van der Waals surface area contributed by atoms with E-state index in [-0.39, 0.29) is 12.1 Å². The molecule has 0 aliphatic rings. The number of likely N-dealkylation sites (N-methyl/N-ethyl adjacent to an activating group) is 1. The molecule has 19 heavy (non-hydrogen) atoms. The lowest BCUT2D eigenvalue weighted by molar-refractivity contribution is 0.00116. The second-order valence-corrected chi connectivity index (χ2v) is 5.30. The average Bonchev–Trinajstić information content (AvgIpc) is 2.74. The molecule has 1 aromatic heterocycles. The first-order valence-corrected chi connectivity index (χ1v) is 7.50. The normalized spacial score (nSPS) is 14.9. The summed E-state index contributed by atoms with van der Waals surface area (Å²) in [5.41, 5.74) is 1.03. The summed E-state index contributed by atoms with van der Waals surface area (Å²) in [4.78, 5) is 0. The molecule has 0 amide bonds. The molecule has 110 valence electrons. The van der Waals surface area contributed by atoms with E-state index in [1.54, 1.807) is 6.20 Å². The van der Waals surface area contributed by atoms with Crippen LogP contribution in [0.15, 0.2) is 6.20 Å². The highest BCUT2D eigenvalue weighted by atomic mass is 35.5. The van der Waals surface area contributed by atoms with Crippen molar-refractivity contribution in [2.45, 2.75) is 53.3 Å². The second-order valence-electron chi connectivity index (χ2n) is 4.89. The number of aromatic nitrogens is 2. The molecule has 0 bridgehead atoms. The van der Waals surface area contributed by atoms with Crippen LogP contribution in [0.3, 0.4) is 0 Å². The van der Waals surface area contributed by atoms with Crippen LogP contribution in [0.4, 0.5) is 0 Å². The van der Waals surface area contributed by atoms with Crippen molar-refractivity contribution >= 4 is 11.6 Å². The number of halogens is 1. The van der Waals surface area contributed by atoms with Gasteiger partial charge in [-0.15, -0.1) is 0 Å². The first kappa shape index (κ1) is 16.5. The van der Waals surface area contributed by atoms with Crippen LogP contribution in [0.1, 0.15) is 46.4 Å². The minimum atomic E-state index is 0.0694. The molecule has 0 aliphatic carbocycles. The van der Waals surface area contributed by atoms with Crippen LogP contribution in [-0.2, 0) is 11.3 Å². The van der Waals surface area contributed by atoms with E-state index in [0.717, 1.165) is 18.8 Å². The van der Waals surface area contributed by atoms with Gasteiger partial charge < -0.3 is 10.1 Å². The van der Waals surface area contributed by atoms with Gasteiger partial charge in [0, 0.05) is 13.2 Å². The molecule has 1 N–H and O–H groups in total. The second kappa shape index (κ2) is 7.88. The van der Waals surface area contributed by atoms with Crippen molar-refractivity contribution in [1.29, 1.82) is 0 Å². The van der Waals surface area contributed by atoms with Crippen molar-refractivity contribution in [3.05, 3.63) is 16.9 Å². The summed E-state index contributed by atoms with van der Waals surface area (Å²) in [6.07, 6.45) is 1.80. The Morgan fingerprint density at radius 1 is 1.37 bits per heavy atom. The number of nitrogens with zero attached hydrogens (tertiary/aromatic N) is 2. The largest absolute Gasteiger partial charge is 0.376 e. The summed E-state index contributed by atoms with van der Waals surface area (Å²) < 4.78 is 7.88. The smallest absolute Gasteiger partial charge is 0.0835 e. The SMILES string of the molecule is CCNC(c1c(Cl)cnn1CC)C(OCC)C(C)C. The van der Waals surface area contributed by atoms with Crippen LogP contribution in [0, 0.1) is 5.92 Å². The van der Waals surface area contributed by atoms with Crippen LogP contribution in [0.5, 0.6) is 0 Å². The molecule has 0 aliphatic heterocycles. The third kappa shape index (κ3) is 3.94. The van der Waals surface area contributed by atoms with Gasteiger partial charge in [0.25, 0.3) is 0 Å². The Kier molecular flexibility index (Phi) is 6.83. The highest BCUT2D eigenvalue weighted by Crippen LogP contribution is 2.30. The number of nitrogens with one attached hydrogen (secondary N) is 1. The molecule has 4 nitrogen and oxygen atoms in total. The van der Waals surface area contributed by atoms with Gasteiger partial charge >= 0.3 is 0 Å². The number of hydrogen-bond donors (Lipinski definition) is 1. The van der Waals surface area contributed by atoms with Crippen molar-refractivity contribution in [3.63, 3.8) is 0 Å². The molecule has 1 heterocycles. The third-order valence-electron chi connectivity index (χ3n) is 3.20. The fraction of sp³-hybridized carbons (Fsp3) is 0.786. The predicted molar refractivity (Wildman–Crippen MR) is 79.6 cm³/mol. The maximum absolute atomic E-state index is 6.32. The molecular weight excluding hydrogens is 262 g/mol. The van der Waals surface area contributed by atoms with E-state index in [4.69, 9.17) is 16.3 Å². The highest BCUT2D eigenvalue weighted by Gasteiger charge is 2.30. The van der Waals surface area contributed by atoms with Gasteiger partial charge in [0.2, 0.25) is 0 Å². The van der Waals surface area contributed by atoms with E-state index in [1.807, 2.05) is 11.6 Å². The van der Waals surface area contributed by atoms with Gasteiger partial charge in [-0.2, -0.15) is 5.10 Å².